The minimum Gasteiger partial charge on any atom is -0.377 e. The van der Waals surface area contributed by atoms with Crippen LogP contribution in [0.2, 0.25) is 5.02 Å². The standard InChI is InChI=1S/C16H15ClN2O2/c17-13-7-5-11(6-8-13)12-9-14(10-12)18-15-3-1-2-4-16(15)19(20)21/h1-8,12,14,18H,9-10H2. The zero-order chi connectivity index (χ0) is 14.8. The van der Waals surface area contributed by atoms with Crippen LogP contribution in [0, 0.1) is 10.1 Å². The van der Waals surface area contributed by atoms with Gasteiger partial charge in [0.15, 0.2) is 0 Å². The molecule has 0 heterocycles. The summed E-state index contributed by atoms with van der Waals surface area (Å²) in [7, 11) is 0. The molecule has 1 aliphatic carbocycles. The summed E-state index contributed by atoms with van der Waals surface area (Å²) >= 11 is 5.88. The second-order valence-corrected chi connectivity index (χ2v) is 5.77. The topological polar surface area (TPSA) is 55.2 Å². The molecule has 0 aromatic heterocycles. The summed E-state index contributed by atoms with van der Waals surface area (Å²) in [4.78, 5) is 10.6. The number of nitrogens with zero attached hydrogens (tertiary/aromatic N) is 1. The van der Waals surface area contributed by atoms with Crippen LogP contribution in [0.15, 0.2) is 48.5 Å². The number of rotatable bonds is 4. The summed E-state index contributed by atoms with van der Waals surface area (Å²) in [5, 5.41) is 15.0. The van der Waals surface area contributed by atoms with Crippen LogP contribution in [0.4, 0.5) is 11.4 Å². The molecule has 0 aliphatic heterocycles. The summed E-state index contributed by atoms with van der Waals surface area (Å²) in [5.74, 6) is 0.502. The molecule has 1 saturated carbocycles. The molecule has 5 heteroatoms. The van der Waals surface area contributed by atoms with Gasteiger partial charge in [-0.25, -0.2) is 0 Å². The highest BCUT2D eigenvalue weighted by Gasteiger charge is 2.31. The van der Waals surface area contributed by atoms with Crippen LogP contribution >= 0.6 is 11.6 Å². The van der Waals surface area contributed by atoms with E-state index in [4.69, 9.17) is 11.6 Å². The molecule has 0 atom stereocenters. The lowest BCUT2D eigenvalue weighted by molar-refractivity contribution is -0.384. The van der Waals surface area contributed by atoms with Gasteiger partial charge in [-0.05, 0) is 42.5 Å². The van der Waals surface area contributed by atoms with Gasteiger partial charge in [0.05, 0.1) is 4.92 Å². The summed E-state index contributed by atoms with van der Waals surface area (Å²) in [6.07, 6.45) is 1.96. The fourth-order valence-corrected chi connectivity index (χ4v) is 2.84. The van der Waals surface area contributed by atoms with E-state index in [2.05, 4.69) is 5.32 Å². The Hall–Kier alpha value is -2.07. The van der Waals surface area contributed by atoms with Gasteiger partial charge in [-0.3, -0.25) is 10.1 Å². The number of nitro groups is 1. The second kappa shape index (κ2) is 5.74. The number of benzene rings is 2. The predicted molar refractivity (Wildman–Crippen MR) is 83.9 cm³/mol. The van der Waals surface area contributed by atoms with Crippen molar-refractivity contribution in [3.8, 4) is 0 Å². The van der Waals surface area contributed by atoms with E-state index in [1.807, 2.05) is 30.3 Å². The van der Waals surface area contributed by atoms with Gasteiger partial charge >= 0.3 is 0 Å². The van der Waals surface area contributed by atoms with E-state index in [1.165, 1.54) is 11.6 Å². The maximum absolute atomic E-state index is 11.0. The van der Waals surface area contributed by atoms with Gasteiger partial charge in [0, 0.05) is 17.1 Å². The van der Waals surface area contributed by atoms with E-state index in [0.29, 0.717) is 11.6 Å². The SMILES string of the molecule is O=[N+]([O-])c1ccccc1NC1CC(c2ccc(Cl)cc2)C1. The zero-order valence-electron chi connectivity index (χ0n) is 11.3. The monoisotopic (exact) mass is 302 g/mol. The fraction of sp³-hybridized carbons (Fsp3) is 0.250. The minimum absolute atomic E-state index is 0.132. The number of nitrogens with one attached hydrogen (secondary N) is 1. The Morgan fingerprint density at radius 1 is 1.10 bits per heavy atom. The third-order valence-electron chi connectivity index (χ3n) is 3.94. The molecule has 4 nitrogen and oxygen atoms in total. The van der Waals surface area contributed by atoms with Crippen LogP contribution < -0.4 is 5.32 Å². The smallest absolute Gasteiger partial charge is 0.292 e. The van der Waals surface area contributed by atoms with Crippen LogP contribution in [0.3, 0.4) is 0 Å². The van der Waals surface area contributed by atoms with Crippen LogP contribution in [-0.2, 0) is 0 Å². The highest BCUT2D eigenvalue weighted by atomic mass is 35.5. The molecule has 1 N–H and O–H groups in total. The van der Waals surface area contributed by atoms with Gasteiger partial charge in [0.2, 0.25) is 0 Å². The van der Waals surface area contributed by atoms with Crippen LogP contribution in [0.25, 0.3) is 0 Å². The van der Waals surface area contributed by atoms with Gasteiger partial charge in [-0.2, -0.15) is 0 Å². The minimum atomic E-state index is -0.350. The number of para-hydroxylation sites is 2. The molecule has 0 saturated heterocycles. The molecule has 21 heavy (non-hydrogen) atoms. The second-order valence-electron chi connectivity index (χ2n) is 5.34. The van der Waals surface area contributed by atoms with E-state index < -0.39 is 0 Å². The predicted octanol–water partition coefficient (Wildman–Crippen LogP) is 4.61. The quantitative estimate of drug-likeness (QED) is 0.663. The first-order chi connectivity index (χ1) is 10.1. The first-order valence-corrected chi connectivity index (χ1v) is 7.26. The lowest BCUT2D eigenvalue weighted by atomic mass is 9.76. The summed E-state index contributed by atoms with van der Waals surface area (Å²) in [5.41, 5.74) is 2.01. The van der Waals surface area contributed by atoms with Gasteiger partial charge in [0.25, 0.3) is 5.69 Å². The molecule has 0 bridgehead atoms. The Kier molecular flexibility index (Phi) is 3.80. The molecule has 0 radical (unpaired) electrons. The van der Waals surface area contributed by atoms with E-state index in [0.717, 1.165) is 17.9 Å². The van der Waals surface area contributed by atoms with Crippen LogP contribution in [0.1, 0.15) is 24.3 Å². The summed E-state index contributed by atoms with van der Waals surface area (Å²) in [6, 6.07) is 15.0. The average molecular weight is 303 g/mol. The van der Waals surface area contributed by atoms with Crippen molar-refractivity contribution in [3.63, 3.8) is 0 Å². The molecule has 1 aliphatic rings. The largest absolute Gasteiger partial charge is 0.377 e. The highest BCUT2D eigenvalue weighted by Crippen LogP contribution is 2.39. The van der Waals surface area contributed by atoms with Gasteiger partial charge < -0.3 is 5.32 Å². The molecule has 0 amide bonds. The first kappa shape index (κ1) is 13.9. The molecular weight excluding hydrogens is 288 g/mol. The van der Waals surface area contributed by atoms with Crippen LogP contribution in [0.5, 0.6) is 0 Å². The number of halogens is 1. The maximum atomic E-state index is 11.0. The number of hydrogen-bond acceptors (Lipinski definition) is 3. The van der Waals surface area contributed by atoms with Crippen LogP contribution in [-0.4, -0.2) is 11.0 Å². The molecule has 108 valence electrons. The summed E-state index contributed by atoms with van der Waals surface area (Å²) in [6.45, 7) is 0. The Bertz CT molecular complexity index is 652. The van der Waals surface area contributed by atoms with Gasteiger partial charge in [0.1, 0.15) is 5.69 Å². The number of anilines is 1. The van der Waals surface area contributed by atoms with E-state index >= 15 is 0 Å². The molecular formula is C16H15ClN2O2. The normalized spacial score (nSPS) is 20.6. The lowest BCUT2D eigenvalue weighted by Crippen LogP contribution is -2.34. The van der Waals surface area contributed by atoms with Crippen molar-refractivity contribution in [2.45, 2.75) is 24.8 Å². The van der Waals surface area contributed by atoms with Crippen molar-refractivity contribution >= 4 is 23.0 Å². The van der Waals surface area contributed by atoms with E-state index in [-0.39, 0.29) is 16.7 Å². The molecule has 2 aromatic carbocycles. The molecule has 3 rings (SSSR count). The zero-order valence-corrected chi connectivity index (χ0v) is 12.1. The number of hydrogen-bond donors (Lipinski definition) is 1. The Morgan fingerprint density at radius 3 is 2.43 bits per heavy atom. The maximum Gasteiger partial charge on any atom is 0.292 e. The molecule has 2 aromatic rings. The van der Waals surface area contributed by atoms with Gasteiger partial charge in [-0.1, -0.05) is 35.9 Å². The van der Waals surface area contributed by atoms with Crippen molar-refractivity contribution in [1.29, 1.82) is 0 Å². The third-order valence-corrected chi connectivity index (χ3v) is 4.19. The Morgan fingerprint density at radius 2 is 1.76 bits per heavy atom. The molecule has 0 unspecified atom stereocenters. The Labute approximate surface area is 127 Å². The fourth-order valence-electron chi connectivity index (χ4n) is 2.72. The van der Waals surface area contributed by atoms with Crippen molar-refractivity contribution in [2.75, 3.05) is 5.32 Å². The van der Waals surface area contributed by atoms with E-state index in [1.54, 1.807) is 12.1 Å². The third kappa shape index (κ3) is 3.00. The molecule has 1 fully saturated rings. The average Bonchev–Trinajstić information content (AvgIpc) is 2.44. The van der Waals surface area contributed by atoms with Crippen molar-refractivity contribution < 1.29 is 4.92 Å². The lowest BCUT2D eigenvalue weighted by Gasteiger charge is -2.36. The highest BCUT2D eigenvalue weighted by molar-refractivity contribution is 6.30. The summed E-state index contributed by atoms with van der Waals surface area (Å²) < 4.78 is 0. The number of nitro benzene ring substituents is 1. The molecule has 0 spiro atoms. The van der Waals surface area contributed by atoms with E-state index in [9.17, 15) is 10.1 Å². The van der Waals surface area contributed by atoms with Crippen molar-refractivity contribution in [1.82, 2.24) is 0 Å². The first-order valence-electron chi connectivity index (χ1n) is 6.89. The Balaban J connectivity index is 1.62. The van der Waals surface area contributed by atoms with Gasteiger partial charge in [-0.15, -0.1) is 0 Å². The van der Waals surface area contributed by atoms with Crippen molar-refractivity contribution in [2.24, 2.45) is 0 Å². The van der Waals surface area contributed by atoms with Crippen molar-refractivity contribution in [3.05, 3.63) is 69.2 Å².